The highest BCUT2D eigenvalue weighted by molar-refractivity contribution is 7.11. The summed E-state index contributed by atoms with van der Waals surface area (Å²) in [7, 11) is 1.94. The number of carbonyl (C=O) groups excluding carboxylic acids is 1. The van der Waals surface area contributed by atoms with E-state index in [1.165, 1.54) is 9.75 Å². The van der Waals surface area contributed by atoms with E-state index in [9.17, 15) is 4.79 Å². The quantitative estimate of drug-likeness (QED) is 0.803. The second-order valence-electron chi connectivity index (χ2n) is 4.77. The van der Waals surface area contributed by atoms with Crippen LogP contribution in [0.1, 0.15) is 32.6 Å². The molecule has 0 saturated carbocycles. The molecule has 0 amide bonds. The molecule has 0 spiro atoms. The van der Waals surface area contributed by atoms with Crippen molar-refractivity contribution in [3.05, 3.63) is 51.2 Å². The van der Waals surface area contributed by atoms with Crippen LogP contribution in [-0.2, 0) is 6.54 Å². The molecule has 0 aliphatic heterocycles. The number of hydrogen-bond donors (Lipinski definition) is 0. The van der Waals surface area contributed by atoms with Crippen molar-refractivity contribution in [2.24, 2.45) is 0 Å². The summed E-state index contributed by atoms with van der Waals surface area (Å²) in [4.78, 5) is 16.2. The van der Waals surface area contributed by atoms with Gasteiger partial charge in [-0.25, -0.2) is 0 Å². The van der Waals surface area contributed by atoms with E-state index in [1.807, 2.05) is 11.9 Å². The maximum absolute atomic E-state index is 11.7. The molecule has 4 heteroatoms. The van der Waals surface area contributed by atoms with Crippen LogP contribution in [0.5, 0.6) is 0 Å². The highest BCUT2D eigenvalue weighted by Crippen LogP contribution is 2.25. The minimum Gasteiger partial charge on any atom is -0.369 e. The second-order valence-corrected chi connectivity index (χ2v) is 6.14. The van der Waals surface area contributed by atoms with Crippen LogP contribution in [0.3, 0.4) is 0 Å². The van der Waals surface area contributed by atoms with Crippen molar-refractivity contribution in [3.8, 4) is 6.07 Å². The zero-order chi connectivity index (χ0) is 14.7. The fraction of sp³-hybridized carbons (Fsp3) is 0.250. The van der Waals surface area contributed by atoms with E-state index in [0.29, 0.717) is 11.1 Å². The Bertz CT molecular complexity index is 682. The lowest BCUT2D eigenvalue weighted by molar-refractivity contribution is 0.101. The number of carbonyl (C=O) groups is 1. The first-order chi connectivity index (χ1) is 9.51. The fourth-order valence-electron chi connectivity index (χ4n) is 2.10. The van der Waals surface area contributed by atoms with Gasteiger partial charge in [0.1, 0.15) is 0 Å². The van der Waals surface area contributed by atoms with Crippen molar-refractivity contribution in [1.29, 1.82) is 5.26 Å². The Balaban J connectivity index is 2.34. The van der Waals surface area contributed by atoms with Gasteiger partial charge in [-0.2, -0.15) is 5.26 Å². The molecule has 0 N–H and O–H groups in total. The van der Waals surface area contributed by atoms with E-state index in [1.54, 1.807) is 36.5 Å². The zero-order valence-electron chi connectivity index (χ0n) is 11.8. The molecule has 0 radical (unpaired) electrons. The molecule has 0 aliphatic carbocycles. The van der Waals surface area contributed by atoms with E-state index in [-0.39, 0.29) is 5.78 Å². The standard InChI is InChI=1S/C16H16N2OS/c1-11-4-6-14(20-11)10-18(3)16-8-13(9-17)5-7-15(16)12(2)19/h4-8H,10H2,1-3H3. The van der Waals surface area contributed by atoms with E-state index < -0.39 is 0 Å². The number of benzene rings is 1. The van der Waals surface area contributed by atoms with Crippen molar-refractivity contribution >= 4 is 22.8 Å². The molecular weight excluding hydrogens is 268 g/mol. The fourth-order valence-corrected chi connectivity index (χ4v) is 3.05. The van der Waals surface area contributed by atoms with Gasteiger partial charge in [0.25, 0.3) is 0 Å². The Morgan fingerprint density at radius 3 is 2.65 bits per heavy atom. The van der Waals surface area contributed by atoms with Crippen LogP contribution in [0.25, 0.3) is 0 Å². The molecule has 0 saturated heterocycles. The van der Waals surface area contributed by atoms with Gasteiger partial charge in [-0.3, -0.25) is 4.79 Å². The number of nitriles is 1. The number of Topliss-reactive ketones (excluding diaryl/α,β-unsaturated/α-hetero) is 1. The maximum atomic E-state index is 11.7. The number of rotatable bonds is 4. The summed E-state index contributed by atoms with van der Waals surface area (Å²) in [6, 6.07) is 11.5. The van der Waals surface area contributed by atoms with Crippen LogP contribution in [0, 0.1) is 18.3 Å². The van der Waals surface area contributed by atoms with Crippen molar-refractivity contribution < 1.29 is 4.79 Å². The van der Waals surface area contributed by atoms with Gasteiger partial charge in [0, 0.05) is 28.1 Å². The lowest BCUT2D eigenvalue weighted by Gasteiger charge is -2.21. The summed E-state index contributed by atoms with van der Waals surface area (Å²) in [6.07, 6.45) is 0. The first-order valence-electron chi connectivity index (χ1n) is 6.33. The van der Waals surface area contributed by atoms with Crippen molar-refractivity contribution in [3.63, 3.8) is 0 Å². The topological polar surface area (TPSA) is 44.1 Å². The molecule has 1 aromatic heterocycles. The molecule has 0 fully saturated rings. The average molecular weight is 284 g/mol. The van der Waals surface area contributed by atoms with Gasteiger partial charge in [-0.1, -0.05) is 0 Å². The second kappa shape index (κ2) is 5.89. The molecule has 1 aromatic carbocycles. The lowest BCUT2D eigenvalue weighted by Crippen LogP contribution is -2.18. The average Bonchev–Trinajstić information content (AvgIpc) is 2.83. The smallest absolute Gasteiger partial charge is 0.161 e. The number of nitrogens with zero attached hydrogens (tertiary/aromatic N) is 2. The number of ketones is 1. The monoisotopic (exact) mass is 284 g/mol. The lowest BCUT2D eigenvalue weighted by atomic mass is 10.1. The van der Waals surface area contributed by atoms with E-state index in [4.69, 9.17) is 5.26 Å². The maximum Gasteiger partial charge on any atom is 0.161 e. The van der Waals surface area contributed by atoms with Crippen molar-refractivity contribution in [1.82, 2.24) is 0 Å². The number of aryl methyl sites for hydroxylation is 1. The minimum atomic E-state index is 0.0127. The van der Waals surface area contributed by atoms with E-state index >= 15 is 0 Å². The van der Waals surface area contributed by atoms with Crippen LogP contribution in [-0.4, -0.2) is 12.8 Å². The minimum absolute atomic E-state index is 0.0127. The van der Waals surface area contributed by atoms with Crippen molar-refractivity contribution in [2.45, 2.75) is 20.4 Å². The molecule has 0 unspecified atom stereocenters. The summed E-state index contributed by atoms with van der Waals surface area (Å²) < 4.78 is 0. The largest absolute Gasteiger partial charge is 0.369 e. The van der Waals surface area contributed by atoms with Gasteiger partial charge in [0.15, 0.2) is 5.78 Å². The van der Waals surface area contributed by atoms with Crippen LogP contribution < -0.4 is 4.90 Å². The van der Waals surface area contributed by atoms with Crippen LogP contribution in [0.4, 0.5) is 5.69 Å². The Morgan fingerprint density at radius 2 is 2.10 bits per heavy atom. The van der Waals surface area contributed by atoms with Gasteiger partial charge < -0.3 is 4.90 Å². The molecule has 102 valence electrons. The van der Waals surface area contributed by atoms with Gasteiger partial charge in [-0.15, -0.1) is 11.3 Å². The molecule has 2 aromatic rings. The first-order valence-corrected chi connectivity index (χ1v) is 7.14. The predicted octanol–water partition coefficient (Wildman–Crippen LogP) is 3.77. The van der Waals surface area contributed by atoms with Gasteiger partial charge >= 0.3 is 0 Å². The highest BCUT2D eigenvalue weighted by Gasteiger charge is 2.13. The van der Waals surface area contributed by atoms with Gasteiger partial charge in [0.05, 0.1) is 18.2 Å². The molecule has 0 atom stereocenters. The van der Waals surface area contributed by atoms with Crippen LogP contribution in [0.15, 0.2) is 30.3 Å². The summed E-state index contributed by atoms with van der Waals surface area (Å²) >= 11 is 1.74. The summed E-state index contributed by atoms with van der Waals surface area (Å²) in [5, 5.41) is 9.01. The van der Waals surface area contributed by atoms with Crippen LogP contribution in [0.2, 0.25) is 0 Å². The number of thiophene rings is 1. The zero-order valence-corrected chi connectivity index (χ0v) is 12.6. The molecule has 0 bridgehead atoms. The Morgan fingerprint density at radius 1 is 1.35 bits per heavy atom. The Labute approximate surface area is 123 Å². The molecular formula is C16H16N2OS. The molecule has 3 nitrogen and oxygen atoms in total. The molecule has 2 rings (SSSR count). The SMILES string of the molecule is CC(=O)c1ccc(C#N)cc1N(C)Cc1ccc(C)s1. The Kier molecular flexibility index (Phi) is 4.21. The van der Waals surface area contributed by atoms with Gasteiger partial charge in [-0.05, 0) is 44.2 Å². The third-order valence-corrected chi connectivity index (χ3v) is 4.09. The molecule has 1 heterocycles. The third-order valence-electron chi connectivity index (χ3n) is 3.11. The first kappa shape index (κ1) is 14.3. The van der Waals surface area contributed by atoms with E-state index in [2.05, 4.69) is 25.1 Å². The van der Waals surface area contributed by atoms with E-state index in [0.717, 1.165) is 12.2 Å². The summed E-state index contributed by atoms with van der Waals surface area (Å²) in [5.41, 5.74) is 2.03. The van der Waals surface area contributed by atoms with Crippen molar-refractivity contribution in [2.75, 3.05) is 11.9 Å². The third kappa shape index (κ3) is 3.06. The predicted molar refractivity (Wildman–Crippen MR) is 82.3 cm³/mol. The highest BCUT2D eigenvalue weighted by atomic mass is 32.1. The number of anilines is 1. The molecule has 0 aliphatic rings. The van der Waals surface area contributed by atoms with Gasteiger partial charge in [0.2, 0.25) is 0 Å². The summed E-state index contributed by atoms with van der Waals surface area (Å²) in [6.45, 7) is 4.35. The van der Waals surface area contributed by atoms with Crippen LogP contribution >= 0.6 is 11.3 Å². The molecule has 20 heavy (non-hydrogen) atoms. The summed E-state index contributed by atoms with van der Waals surface area (Å²) in [5.74, 6) is 0.0127. The normalized spacial score (nSPS) is 10.1. The number of hydrogen-bond acceptors (Lipinski definition) is 4. The Hall–Kier alpha value is -2.12.